The quantitative estimate of drug-likeness (QED) is 0.844. The highest BCUT2D eigenvalue weighted by Gasteiger charge is 2.29. The van der Waals surface area contributed by atoms with Crippen molar-refractivity contribution in [3.63, 3.8) is 0 Å². The Bertz CT molecular complexity index is 611. The average Bonchev–Trinajstić information content (AvgIpc) is 3.04. The molecule has 0 bridgehead atoms. The molecular formula is C20H28N2O3. The molecule has 1 aliphatic heterocycles. The number of hydrogen-bond donors (Lipinski definition) is 0. The van der Waals surface area contributed by atoms with Crippen molar-refractivity contribution in [3.05, 3.63) is 29.8 Å². The van der Waals surface area contributed by atoms with E-state index in [0.717, 1.165) is 37.1 Å². The molecule has 2 aliphatic rings. The first-order valence-electron chi connectivity index (χ1n) is 9.40. The zero-order valence-electron chi connectivity index (χ0n) is 15.1. The normalized spacial score (nSPS) is 18.9. The van der Waals surface area contributed by atoms with Gasteiger partial charge in [0.05, 0.1) is 0 Å². The van der Waals surface area contributed by atoms with E-state index in [9.17, 15) is 9.59 Å². The topological polar surface area (TPSA) is 49.9 Å². The Balaban J connectivity index is 1.49. The highest BCUT2D eigenvalue weighted by atomic mass is 16.5. The average molecular weight is 344 g/mol. The standard InChI is InChI=1S/C20H28N2O3/c1-16-7-2-5-10-18(16)25-15-19(23)21-11-6-12-22(14-13-21)20(24)17-8-3-4-9-17/h2,5,7,10,17H,3-4,6,8-9,11-15H2,1H3. The largest absolute Gasteiger partial charge is 0.484 e. The molecule has 0 spiro atoms. The third-order valence-electron chi connectivity index (χ3n) is 5.31. The fourth-order valence-electron chi connectivity index (χ4n) is 3.77. The summed E-state index contributed by atoms with van der Waals surface area (Å²) in [5.41, 5.74) is 1.03. The van der Waals surface area contributed by atoms with Gasteiger partial charge in [-0.1, -0.05) is 31.0 Å². The Kier molecular flexibility index (Phi) is 5.95. The van der Waals surface area contributed by atoms with E-state index in [2.05, 4.69) is 0 Å². The van der Waals surface area contributed by atoms with Crippen molar-refractivity contribution in [2.45, 2.75) is 39.0 Å². The van der Waals surface area contributed by atoms with Crippen LogP contribution in [0.25, 0.3) is 0 Å². The molecule has 0 aromatic heterocycles. The fourth-order valence-corrected chi connectivity index (χ4v) is 3.77. The third kappa shape index (κ3) is 4.53. The molecule has 3 rings (SSSR count). The van der Waals surface area contributed by atoms with E-state index in [0.29, 0.717) is 25.5 Å². The summed E-state index contributed by atoms with van der Waals surface area (Å²) < 4.78 is 5.68. The molecule has 136 valence electrons. The molecule has 1 aromatic rings. The maximum absolute atomic E-state index is 12.6. The Morgan fingerprint density at radius 3 is 2.44 bits per heavy atom. The summed E-state index contributed by atoms with van der Waals surface area (Å²) >= 11 is 0. The fraction of sp³-hybridized carbons (Fsp3) is 0.600. The van der Waals surface area contributed by atoms with Crippen molar-refractivity contribution in [1.82, 2.24) is 9.80 Å². The first-order chi connectivity index (χ1) is 12.1. The van der Waals surface area contributed by atoms with Crippen LogP contribution in [0.2, 0.25) is 0 Å². The Morgan fingerprint density at radius 1 is 1.00 bits per heavy atom. The molecule has 0 radical (unpaired) electrons. The molecule has 1 aromatic carbocycles. The molecule has 25 heavy (non-hydrogen) atoms. The van der Waals surface area contributed by atoms with E-state index in [-0.39, 0.29) is 18.4 Å². The van der Waals surface area contributed by atoms with Crippen molar-refractivity contribution in [2.75, 3.05) is 32.8 Å². The minimum atomic E-state index is -0.00146. The molecular weight excluding hydrogens is 316 g/mol. The van der Waals surface area contributed by atoms with Gasteiger partial charge in [-0.15, -0.1) is 0 Å². The van der Waals surface area contributed by atoms with Gasteiger partial charge in [0.1, 0.15) is 5.75 Å². The SMILES string of the molecule is Cc1ccccc1OCC(=O)N1CCCN(C(=O)C2CCCC2)CC1. The molecule has 5 heteroatoms. The van der Waals surface area contributed by atoms with Crippen LogP contribution in [-0.4, -0.2) is 54.4 Å². The van der Waals surface area contributed by atoms with Crippen LogP contribution in [-0.2, 0) is 9.59 Å². The number of amides is 2. The van der Waals surface area contributed by atoms with Crippen LogP contribution in [0.5, 0.6) is 5.75 Å². The first kappa shape index (κ1) is 17.8. The molecule has 5 nitrogen and oxygen atoms in total. The Morgan fingerprint density at radius 2 is 1.68 bits per heavy atom. The van der Waals surface area contributed by atoms with Gasteiger partial charge < -0.3 is 14.5 Å². The Labute approximate surface area is 149 Å². The van der Waals surface area contributed by atoms with Crippen LogP contribution in [0, 0.1) is 12.8 Å². The van der Waals surface area contributed by atoms with Crippen LogP contribution >= 0.6 is 0 Å². The van der Waals surface area contributed by atoms with E-state index in [1.54, 1.807) is 0 Å². The van der Waals surface area contributed by atoms with Crippen molar-refractivity contribution in [2.24, 2.45) is 5.92 Å². The van der Waals surface area contributed by atoms with Gasteiger partial charge in [-0.05, 0) is 37.8 Å². The molecule has 2 fully saturated rings. The second-order valence-corrected chi connectivity index (χ2v) is 7.10. The summed E-state index contributed by atoms with van der Waals surface area (Å²) in [6, 6.07) is 7.71. The summed E-state index contributed by atoms with van der Waals surface area (Å²) in [5, 5.41) is 0. The lowest BCUT2D eigenvalue weighted by Gasteiger charge is -2.24. The van der Waals surface area contributed by atoms with Gasteiger partial charge in [-0.25, -0.2) is 0 Å². The zero-order valence-corrected chi connectivity index (χ0v) is 15.1. The monoisotopic (exact) mass is 344 g/mol. The predicted octanol–water partition coefficient (Wildman–Crippen LogP) is 2.62. The number of para-hydroxylation sites is 1. The van der Waals surface area contributed by atoms with Crippen LogP contribution in [0.15, 0.2) is 24.3 Å². The van der Waals surface area contributed by atoms with Crippen LogP contribution < -0.4 is 4.74 Å². The molecule has 1 saturated carbocycles. The number of ether oxygens (including phenoxy) is 1. The first-order valence-corrected chi connectivity index (χ1v) is 9.40. The van der Waals surface area contributed by atoms with Gasteiger partial charge in [0.2, 0.25) is 5.91 Å². The maximum Gasteiger partial charge on any atom is 0.260 e. The molecule has 0 N–H and O–H groups in total. The van der Waals surface area contributed by atoms with E-state index >= 15 is 0 Å². The molecule has 1 heterocycles. The molecule has 0 atom stereocenters. The van der Waals surface area contributed by atoms with Crippen molar-refractivity contribution >= 4 is 11.8 Å². The highest BCUT2D eigenvalue weighted by molar-refractivity contribution is 5.80. The molecule has 2 amide bonds. The number of hydrogen-bond acceptors (Lipinski definition) is 3. The molecule has 1 saturated heterocycles. The minimum Gasteiger partial charge on any atom is -0.484 e. The minimum absolute atomic E-state index is 0.00146. The smallest absolute Gasteiger partial charge is 0.260 e. The van der Waals surface area contributed by atoms with Crippen molar-refractivity contribution in [3.8, 4) is 5.75 Å². The van der Waals surface area contributed by atoms with Gasteiger partial charge in [0.25, 0.3) is 5.91 Å². The predicted molar refractivity (Wildman–Crippen MR) is 96.4 cm³/mol. The number of aryl methyl sites for hydroxylation is 1. The van der Waals surface area contributed by atoms with Crippen molar-refractivity contribution < 1.29 is 14.3 Å². The third-order valence-corrected chi connectivity index (χ3v) is 5.31. The number of rotatable bonds is 4. The van der Waals surface area contributed by atoms with Gasteiger partial charge in [-0.3, -0.25) is 9.59 Å². The summed E-state index contributed by atoms with van der Waals surface area (Å²) in [7, 11) is 0. The molecule has 0 unspecified atom stereocenters. The Hall–Kier alpha value is -2.04. The summed E-state index contributed by atoms with van der Waals surface area (Å²) in [6.07, 6.45) is 5.25. The van der Waals surface area contributed by atoms with E-state index < -0.39 is 0 Å². The summed E-state index contributed by atoms with van der Waals surface area (Å²) in [6.45, 7) is 4.74. The molecule has 1 aliphatic carbocycles. The lowest BCUT2D eigenvalue weighted by atomic mass is 10.1. The van der Waals surface area contributed by atoms with Crippen LogP contribution in [0.3, 0.4) is 0 Å². The summed E-state index contributed by atoms with van der Waals surface area (Å²) in [4.78, 5) is 28.8. The lowest BCUT2D eigenvalue weighted by molar-refractivity contribution is -0.136. The number of benzene rings is 1. The van der Waals surface area contributed by atoms with Gasteiger partial charge >= 0.3 is 0 Å². The van der Waals surface area contributed by atoms with Gasteiger partial charge in [0.15, 0.2) is 6.61 Å². The lowest BCUT2D eigenvalue weighted by Crippen LogP contribution is -2.40. The number of carbonyl (C=O) groups excluding carboxylic acids is 2. The van der Waals surface area contributed by atoms with Crippen molar-refractivity contribution in [1.29, 1.82) is 0 Å². The van der Waals surface area contributed by atoms with E-state index in [1.807, 2.05) is 41.0 Å². The van der Waals surface area contributed by atoms with E-state index in [1.165, 1.54) is 12.8 Å². The number of carbonyl (C=O) groups is 2. The van der Waals surface area contributed by atoms with Crippen LogP contribution in [0.1, 0.15) is 37.7 Å². The highest BCUT2D eigenvalue weighted by Crippen LogP contribution is 2.27. The summed E-state index contributed by atoms with van der Waals surface area (Å²) in [5.74, 6) is 1.26. The van der Waals surface area contributed by atoms with Gasteiger partial charge in [-0.2, -0.15) is 0 Å². The van der Waals surface area contributed by atoms with E-state index in [4.69, 9.17) is 4.74 Å². The zero-order chi connectivity index (χ0) is 17.6. The maximum atomic E-state index is 12.6. The number of nitrogens with zero attached hydrogens (tertiary/aromatic N) is 2. The second-order valence-electron chi connectivity index (χ2n) is 7.10. The second kappa shape index (κ2) is 8.37. The van der Waals surface area contributed by atoms with Crippen LogP contribution in [0.4, 0.5) is 0 Å². The van der Waals surface area contributed by atoms with Gasteiger partial charge in [0, 0.05) is 32.1 Å².